The molecule has 1 aromatic carbocycles. The number of guanidine groups is 1. The fourth-order valence-electron chi connectivity index (χ4n) is 2.74. The number of furan rings is 1. The number of nitrogens with zero attached hydrogens (tertiary/aromatic N) is 1. The molecule has 1 unspecified atom stereocenters. The number of benzene rings is 1. The van der Waals surface area contributed by atoms with Gasteiger partial charge in [0.2, 0.25) is 0 Å². The minimum Gasteiger partial charge on any atom is -0.486 e. The number of rotatable bonds is 5. The first-order valence-corrected chi connectivity index (χ1v) is 9.08. The summed E-state index contributed by atoms with van der Waals surface area (Å²) < 4.78 is 16.6. The van der Waals surface area contributed by atoms with E-state index in [0.29, 0.717) is 48.0 Å². The number of hydrogen-bond acceptors (Lipinski definition) is 5. The Morgan fingerprint density at radius 3 is 2.68 bits per heavy atom. The summed E-state index contributed by atoms with van der Waals surface area (Å²) in [4.78, 5) is 4.18. The van der Waals surface area contributed by atoms with Crippen LogP contribution in [0, 0.1) is 6.92 Å². The van der Waals surface area contributed by atoms with Crippen molar-refractivity contribution in [3.63, 3.8) is 0 Å². The number of aliphatic hydroxyl groups is 1. The van der Waals surface area contributed by atoms with E-state index in [0.717, 1.165) is 11.3 Å². The first-order chi connectivity index (χ1) is 12.9. The molecule has 0 bridgehead atoms. The van der Waals surface area contributed by atoms with Crippen molar-refractivity contribution < 1.29 is 19.0 Å². The third kappa shape index (κ3) is 5.45. The molecule has 7 nitrogen and oxygen atoms in total. The Morgan fingerprint density at radius 2 is 2.00 bits per heavy atom. The Balaban J connectivity index is 0.00000280. The van der Waals surface area contributed by atoms with Gasteiger partial charge >= 0.3 is 0 Å². The van der Waals surface area contributed by atoms with Gasteiger partial charge < -0.3 is 29.6 Å². The first kappa shape index (κ1) is 22.6. The van der Waals surface area contributed by atoms with Crippen molar-refractivity contribution in [1.82, 2.24) is 10.6 Å². The molecular formula is C19H25ClIN3O4. The van der Waals surface area contributed by atoms with Gasteiger partial charge in [-0.2, -0.15) is 0 Å². The molecule has 0 spiro atoms. The van der Waals surface area contributed by atoms with E-state index in [9.17, 15) is 5.11 Å². The summed E-state index contributed by atoms with van der Waals surface area (Å²) in [5, 5.41) is 17.4. The highest BCUT2D eigenvalue weighted by Crippen LogP contribution is 2.38. The summed E-state index contributed by atoms with van der Waals surface area (Å²) >= 11 is 6.27. The lowest BCUT2D eigenvalue weighted by molar-refractivity contribution is 0.0378. The van der Waals surface area contributed by atoms with Crippen molar-refractivity contribution in [1.29, 1.82) is 0 Å². The van der Waals surface area contributed by atoms with Crippen molar-refractivity contribution in [2.24, 2.45) is 4.99 Å². The van der Waals surface area contributed by atoms with Gasteiger partial charge in [-0.05, 0) is 43.7 Å². The molecule has 1 atom stereocenters. The Hall–Kier alpha value is -1.65. The zero-order valence-corrected chi connectivity index (χ0v) is 19.1. The molecule has 9 heteroatoms. The summed E-state index contributed by atoms with van der Waals surface area (Å²) in [5.74, 6) is 3.03. The Bertz CT molecular complexity index is 839. The second-order valence-electron chi connectivity index (χ2n) is 6.57. The van der Waals surface area contributed by atoms with Crippen LogP contribution in [-0.2, 0) is 12.1 Å². The molecule has 28 heavy (non-hydrogen) atoms. The maximum absolute atomic E-state index is 10.6. The highest BCUT2D eigenvalue weighted by Gasteiger charge is 2.27. The van der Waals surface area contributed by atoms with Gasteiger partial charge in [-0.3, -0.25) is 4.99 Å². The minimum absolute atomic E-state index is 0. The van der Waals surface area contributed by atoms with E-state index >= 15 is 0 Å². The molecule has 0 fully saturated rings. The molecule has 0 aliphatic carbocycles. The number of hydrogen-bond donors (Lipinski definition) is 3. The SMILES string of the molecule is CN=C(NCc1cc(Cl)c2c(c1)OCCO2)NCC(C)(O)c1ccc(C)o1.I. The number of nitrogens with one attached hydrogen (secondary N) is 2. The normalized spacial score (nSPS) is 15.4. The molecule has 0 saturated heterocycles. The number of aliphatic imine (C=N–C) groups is 1. The summed E-state index contributed by atoms with van der Waals surface area (Å²) in [6.45, 7) is 5.25. The van der Waals surface area contributed by atoms with Crippen LogP contribution in [0.5, 0.6) is 11.5 Å². The largest absolute Gasteiger partial charge is 0.486 e. The molecule has 1 aliphatic rings. The van der Waals surface area contributed by atoms with Crippen LogP contribution in [0.3, 0.4) is 0 Å². The zero-order chi connectivity index (χ0) is 19.4. The molecule has 1 aromatic heterocycles. The summed E-state index contributed by atoms with van der Waals surface area (Å²) in [6.07, 6.45) is 0. The first-order valence-electron chi connectivity index (χ1n) is 8.71. The molecule has 2 aromatic rings. The predicted molar refractivity (Wildman–Crippen MR) is 119 cm³/mol. The maximum Gasteiger partial charge on any atom is 0.191 e. The molecular weight excluding hydrogens is 497 g/mol. The van der Waals surface area contributed by atoms with Gasteiger partial charge in [0.1, 0.15) is 30.3 Å². The van der Waals surface area contributed by atoms with Crippen LogP contribution in [0.1, 0.15) is 24.0 Å². The average molecular weight is 522 g/mol. The maximum atomic E-state index is 10.6. The highest BCUT2D eigenvalue weighted by molar-refractivity contribution is 14.0. The van der Waals surface area contributed by atoms with Crippen LogP contribution in [0.2, 0.25) is 5.02 Å². The van der Waals surface area contributed by atoms with E-state index in [1.165, 1.54) is 0 Å². The lowest BCUT2D eigenvalue weighted by atomic mass is 10.0. The number of halogens is 2. The van der Waals surface area contributed by atoms with Crippen LogP contribution in [0.25, 0.3) is 0 Å². The Morgan fingerprint density at radius 1 is 1.25 bits per heavy atom. The average Bonchev–Trinajstić information content (AvgIpc) is 3.09. The second kappa shape index (κ2) is 9.71. The van der Waals surface area contributed by atoms with Crippen LogP contribution in [0.4, 0.5) is 0 Å². The lowest BCUT2D eigenvalue weighted by Gasteiger charge is -2.23. The van der Waals surface area contributed by atoms with E-state index in [4.69, 9.17) is 25.5 Å². The van der Waals surface area contributed by atoms with Crippen LogP contribution < -0.4 is 20.1 Å². The van der Waals surface area contributed by atoms with Crippen molar-refractivity contribution in [3.05, 3.63) is 46.4 Å². The van der Waals surface area contributed by atoms with Crippen molar-refractivity contribution in [2.45, 2.75) is 26.0 Å². The molecule has 0 amide bonds. The van der Waals surface area contributed by atoms with Crippen molar-refractivity contribution in [3.8, 4) is 11.5 Å². The summed E-state index contributed by atoms with van der Waals surface area (Å²) in [5.41, 5.74) is -0.229. The van der Waals surface area contributed by atoms with E-state index in [1.807, 2.05) is 25.1 Å². The predicted octanol–water partition coefficient (Wildman–Crippen LogP) is 3.20. The standard InChI is InChI=1S/C19H24ClN3O4.HI/c1-12-4-5-16(27-12)19(2,24)11-23-18(21-3)22-10-13-8-14(20)17-15(9-13)25-6-7-26-17;/h4-5,8-9,24H,6-7,10-11H2,1-3H3,(H2,21,22,23);1H. The topological polar surface area (TPSA) is 88.3 Å². The number of aryl methyl sites for hydroxylation is 1. The number of ether oxygens (including phenoxy) is 2. The van der Waals surface area contributed by atoms with Gasteiger partial charge in [-0.15, -0.1) is 24.0 Å². The van der Waals surface area contributed by atoms with Crippen molar-refractivity contribution >= 4 is 41.5 Å². The molecule has 3 N–H and O–H groups in total. The molecule has 0 radical (unpaired) electrons. The lowest BCUT2D eigenvalue weighted by Crippen LogP contribution is -2.44. The van der Waals surface area contributed by atoms with Gasteiger partial charge in [0.25, 0.3) is 0 Å². The fourth-order valence-corrected chi connectivity index (χ4v) is 3.03. The third-order valence-corrected chi connectivity index (χ3v) is 4.49. The van der Waals surface area contributed by atoms with Crippen molar-refractivity contribution in [2.75, 3.05) is 26.8 Å². The van der Waals surface area contributed by atoms with E-state index in [-0.39, 0.29) is 30.5 Å². The molecule has 2 heterocycles. The van der Waals surface area contributed by atoms with Crippen LogP contribution >= 0.6 is 35.6 Å². The molecule has 154 valence electrons. The van der Waals surface area contributed by atoms with Gasteiger partial charge in [-0.25, -0.2) is 0 Å². The van der Waals surface area contributed by atoms with Crippen LogP contribution in [0.15, 0.2) is 33.7 Å². The van der Waals surface area contributed by atoms with E-state index < -0.39 is 5.60 Å². The van der Waals surface area contributed by atoms with Crippen LogP contribution in [-0.4, -0.2) is 37.9 Å². The third-order valence-electron chi connectivity index (χ3n) is 4.21. The second-order valence-corrected chi connectivity index (χ2v) is 6.97. The number of fused-ring (bicyclic) bond motifs is 1. The summed E-state index contributed by atoms with van der Waals surface area (Å²) in [7, 11) is 1.66. The van der Waals surface area contributed by atoms with Gasteiger partial charge in [0.15, 0.2) is 17.5 Å². The summed E-state index contributed by atoms with van der Waals surface area (Å²) in [6, 6.07) is 7.31. The van der Waals surface area contributed by atoms with E-state index in [1.54, 1.807) is 20.0 Å². The monoisotopic (exact) mass is 521 g/mol. The minimum atomic E-state index is -1.16. The van der Waals surface area contributed by atoms with E-state index in [2.05, 4.69) is 15.6 Å². The quantitative estimate of drug-likeness (QED) is 0.318. The molecule has 1 aliphatic heterocycles. The highest BCUT2D eigenvalue weighted by atomic mass is 127. The van der Waals surface area contributed by atoms with Gasteiger partial charge in [0, 0.05) is 13.6 Å². The zero-order valence-electron chi connectivity index (χ0n) is 16.0. The smallest absolute Gasteiger partial charge is 0.191 e. The van der Waals surface area contributed by atoms with Gasteiger partial charge in [0.05, 0.1) is 11.6 Å². The fraction of sp³-hybridized carbons (Fsp3) is 0.421. The van der Waals surface area contributed by atoms with Gasteiger partial charge in [-0.1, -0.05) is 11.6 Å². The Kier molecular flexibility index (Phi) is 7.85. The molecule has 0 saturated carbocycles. The molecule has 3 rings (SSSR count). The Labute approximate surface area is 186 Å².